The highest BCUT2D eigenvalue weighted by molar-refractivity contribution is 6.05. The Hall–Kier alpha value is -2.30. The molecule has 3 aliphatic rings. The van der Waals surface area contributed by atoms with E-state index in [0.29, 0.717) is 25.9 Å². The Morgan fingerprint density at radius 2 is 1.80 bits per heavy atom. The number of carbonyl (C=O) groups is 2. The van der Waals surface area contributed by atoms with E-state index in [2.05, 4.69) is 26.0 Å². The summed E-state index contributed by atoms with van der Waals surface area (Å²) in [5, 5.41) is 9.44. The molecule has 0 fully saturated rings. The third kappa shape index (κ3) is 2.74. The number of aliphatic hydroxyl groups excluding tert-OH is 1. The van der Waals surface area contributed by atoms with Crippen LogP contribution in [0.15, 0.2) is 12.1 Å². The molecular weight excluding hydrogens is 376 g/mol. The van der Waals surface area contributed by atoms with Crippen LogP contribution in [0.3, 0.4) is 0 Å². The van der Waals surface area contributed by atoms with Crippen LogP contribution in [-0.2, 0) is 30.4 Å². The number of carbonyl (C=O) groups excluding carboxylic acids is 2. The zero-order valence-electron chi connectivity index (χ0n) is 17.9. The maximum atomic E-state index is 13.6. The largest absolute Gasteiger partial charge is 0.396 e. The van der Waals surface area contributed by atoms with Crippen molar-refractivity contribution in [2.75, 3.05) is 13.2 Å². The fourth-order valence-electron chi connectivity index (χ4n) is 6.08. The minimum absolute atomic E-state index is 0.0836. The Labute approximate surface area is 177 Å². The predicted octanol–water partition coefficient (Wildman–Crippen LogP) is 3.94. The number of ether oxygens (including phenoxy) is 1. The van der Waals surface area contributed by atoms with Crippen LogP contribution in [0.1, 0.15) is 77.7 Å². The second-order valence-corrected chi connectivity index (χ2v) is 9.05. The van der Waals surface area contributed by atoms with Crippen molar-refractivity contribution in [3.63, 3.8) is 0 Å². The summed E-state index contributed by atoms with van der Waals surface area (Å²) < 4.78 is 6.23. The molecule has 1 heterocycles. The van der Waals surface area contributed by atoms with Crippen LogP contribution in [0.2, 0.25) is 0 Å². The lowest BCUT2D eigenvalue weighted by Crippen LogP contribution is -2.28. The number of hydrogen-bond acceptors (Lipinski definition) is 4. The van der Waals surface area contributed by atoms with Gasteiger partial charge in [0.15, 0.2) is 11.6 Å². The molecule has 2 atom stereocenters. The van der Waals surface area contributed by atoms with Gasteiger partial charge in [-0.2, -0.15) is 0 Å². The molecule has 1 aliphatic heterocycles. The molecule has 0 amide bonds. The van der Waals surface area contributed by atoms with Gasteiger partial charge in [-0.1, -0.05) is 12.1 Å². The van der Waals surface area contributed by atoms with Crippen LogP contribution < -0.4 is 0 Å². The first kappa shape index (κ1) is 19.7. The van der Waals surface area contributed by atoms with Crippen molar-refractivity contribution in [1.82, 2.24) is 0 Å². The van der Waals surface area contributed by atoms with E-state index >= 15 is 0 Å². The van der Waals surface area contributed by atoms with Gasteiger partial charge in [-0.15, -0.1) is 0 Å². The summed E-state index contributed by atoms with van der Waals surface area (Å²) >= 11 is 0. The van der Waals surface area contributed by atoms with Crippen molar-refractivity contribution in [3.8, 4) is 0 Å². The molecule has 4 nitrogen and oxygen atoms in total. The Balaban J connectivity index is 1.57. The number of Topliss-reactive ketones (excluding diaryl/α,β-unsaturated/α-hetero) is 2. The number of aliphatic hydroxyl groups is 1. The van der Waals surface area contributed by atoms with Gasteiger partial charge in [0.1, 0.15) is 0 Å². The summed E-state index contributed by atoms with van der Waals surface area (Å²) in [6.07, 6.45) is 3.18. The summed E-state index contributed by atoms with van der Waals surface area (Å²) in [4.78, 5) is 25.9. The molecule has 156 valence electrons. The number of hydrogen-bond donors (Lipinski definition) is 1. The quantitative estimate of drug-likeness (QED) is 0.842. The summed E-state index contributed by atoms with van der Waals surface area (Å²) in [6, 6.07) is 4.28. The topological polar surface area (TPSA) is 63.6 Å². The minimum atomic E-state index is -0.255. The summed E-state index contributed by atoms with van der Waals surface area (Å²) in [5.74, 6) is 0.185. The van der Waals surface area contributed by atoms with Gasteiger partial charge in [0.05, 0.1) is 18.6 Å². The molecule has 0 saturated heterocycles. The smallest absolute Gasteiger partial charge is 0.169 e. The molecule has 2 aromatic carbocycles. The van der Waals surface area contributed by atoms with E-state index in [4.69, 9.17) is 4.74 Å². The highest BCUT2D eigenvalue weighted by Gasteiger charge is 2.42. The lowest BCUT2D eigenvalue weighted by atomic mass is 9.82. The maximum absolute atomic E-state index is 13.6. The van der Waals surface area contributed by atoms with E-state index in [0.717, 1.165) is 62.9 Å². The van der Waals surface area contributed by atoms with E-state index in [-0.39, 0.29) is 30.2 Å². The van der Waals surface area contributed by atoms with Crippen LogP contribution in [0.25, 0.3) is 0 Å². The highest BCUT2D eigenvalue weighted by Crippen LogP contribution is 2.45. The Bertz CT molecular complexity index is 1100. The molecular formula is C26H28O4. The summed E-state index contributed by atoms with van der Waals surface area (Å²) in [5.41, 5.74) is 10.6. The maximum Gasteiger partial charge on any atom is 0.169 e. The fourth-order valence-corrected chi connectivity index (χ4v) is 6.08. The molecule has 2 aliphatic carbocycles. The van der Waals surface area contributed by atoms with Crippen molar-refractivity contribution in [2.24, 2.45) is 5.92 Å². The SMILES string of the molecule is Cc1cc2c(c(C)c1CCO)C(=O)[C@H]([C@@H]1OCCc3c1cc1c(c3C)C(=O)CC1)C2. The summed E-state index contributed by atoms with van der Waals surface area (Å²) in [6.45, 7) is 6.80. The van der Waals surface area contributed by atoms with Gasteiger partial charge in [-0.05, 0) is 91.0 Å². The molecule has 0 saturated carbocycles. The third-order valence-corrected chi connectivity index (χ3v) is 7.45. The molecule has 0 bridgehead atoms. The first-order chi connectivity index (χ1) is 14.4. The van der Waals surface area contributed by atoms with Crippen LogP contribution in [-0.4, -0.2) is 29.9 Å². The van der Waals surface area contributed by atoms with Gasteiger partial charge in [0, 0.05) is 24.2 Å². The standard InChI is InChI=1S/C26H28O4/c1-13-10-17-12-21(25(29)24(17)14(2)18(13)6-8-27)26-20-11-16-4-5-22(28)23(16)15(3)19(20)7-9-30-26/h10-11,21,26-27H,4-9,12H2,1-3H3/t21-,26-/m1/s1. The van der Waals surface area contributed by atoms with Crippen molar-refractivity contribution in [3.05, 3.63) is 67.8 Å². The van der Waals surface area contributed by atoms with Gasteiger partial charge in [-0.3, -0.25) is 9.59 Å². The van der Waals surface area contributed by atoms with Gasteiger partial charge in [0.25, 0.3) is 0 Å². The van der Waals surface area contributed by atoms with Crippen molar-refractivity contribution in [1.29, 1.82) is 0 Å². The van der Waals surface area contributed by atoms with E-state index in [9.17, 15) is 14.7 Å². The highest BCUT2D eigenvalue weighted by atomic mass is 16.5. The lowest BCUT2D eigenvalue weighted by Gasteiger charge is -2.31. The average molecular weight is 405 g/mol. The molecule has 0 unspecified atom stereocenters. The van der Waals surface area contributed by atoms with Crippen LogP contribution in [0.5, 0.6) is 0 Å². The van der Waals surface area contributed by atoms with Gasteiger partial charge in [-0.25, -0.2) is 0 Å². The molecule has 5 rings (SSSR count). The summed E-state index contributed by atoms with van der Waals surface area (Å²) in [7, 11) is 0. The number of benzene rings is 2. The van der Waals surface area contributed by atoms with Crippen LogP contribution in [0, 0.1) is 26.7 Å². The number of fused-ring (bicyclic) bond motifs is 3. The zero-order valence-corrected chi connectivity index (χ0v) is 17.9. The first-order valence-electron chi connectivity index (χ1n) is 11.0. The molecule has 30 heavy (non-hydrogen) atoms. The van der Waals surface area contributed by atoms with E-state index in [1.807, 2.05) is 6.92 Å². The molecule has 1 N–H and O–H groups in total. The minimum Gasteiger partial charge on any atom is -0.396 e. The fraction of sp³-hybridized carbons (Fsp3) is 0.462. The predicted molar refractivity (Wildman–Crippen MR) is 114 cm³/mol. The average Bonchev–Trinajstić information content (AvgIpc) is 3.25. The third-order valence-electron chi connectivity index (χ3n) is 7.45. The second kappa shape index (κ2) is 7.14. The Morgan fingerprint density at radius 3 is 2.57 bits per heavy atom. The Morgan fingerprint density at radius 1 is 1.00 bits per heavy atom. The molecule has 4 heteroatoms. The molecule has 0 aromatic heterocycles. The van der Waals surface area contributed by atoms with Gasteiger partial charge < -0.3 is 9.84 Å². The van der Waals surface area contributed by atoms with Gasteiger partial charge >= 0.3 is 0 Å². The van der Waals surface area contributed by atoms with Crippen LogP contribution >= 0.6 is 0 Å². The van der Waals surface area contributed by atoms with Crippen molar-refractivity contribution < 1.29 is 19.4 Å². The molecule has 0 radical (unpaired) electrons. The van der Waals surface area contributed by atoms with E-state index < -0.39 is 0 Å². The normalized spacial score (nSPS) is 22.3. The molecule has 0 spiro atoms. The number of rotatable bonds is 3. The Kier molecular flexibility index (Phi) is 4.68. The van der Waals surface area contributed by atoms with Crippen LogP contribution in [0.4, 0.5) is 0 Å². The van der Waals surface area contributed by atoms with E-state index in [1.165, 1.54) is 5.56 Å². The lowest BCUT2D eigenvalue weighted by molar-refractivity contribution is 0.00680. The number of aryl methyl sites for hydroxylation is 2. The van der Waals surface area contributed by atoms with Crippen molar-refractivity contribution >= 4 is 11.6 Å². The van der Waals surface area contributed by atoms with E-state index in [1.54, 1.807) is 0 Å². The number of ketones is 2. The first-order valence-corrected chi connectivity index (χ1v) is 11.0. The zero-order chi connectivity index (χ0) is 21.2. The monoisotopic (exact) mass is 404 g/mol. The molecule has 2 aromatic rings. The van der Waals surface area contributed by atoms with Crippen molar-refractivity contribution in [2.45, 2.75) is 59.0 Å². The second-order valence-electron chi connectivity index (χ2n) is 9.05. The van der Waals surface area contributed by atoms with Gasteiger partial charge in [0.2, 0.25) is 0 Å².